The molecular weight excluding hydrogens is 1890 g/mol. The van der Waals surface area contributed by atoms with E-state index in [0.29, 0.717) is 11.5 Å². The standard InChI is InChI=1S/C27H32N6O3S2.C22H24N6OS2.C20H29N5O2S.C7H4BrNS.C2HF3O.H3N17.Na/c1-17-22(31-25(34)36-26(2,3)4)27(15-35-17)8-11-32(12-9-27)24-29-14-20(23-28-10-13-33(23)24)38-19-7-5-6-18-21(19)37-16-30-18;1-14-19(23)22(12-29-14)5-8-27(9-6-22)21-25-11-17(20-24-7-10-28(20)21)31-16-4-2-3-15-18(16)30-13-26-15;1-19(2,3)27-18(26)23-15-5-4-6-20(15)7-10-24(11-8-20)17-22-13-14(28)16-21-9-12-25(16)17;8-5-2-1-3-6-7(5)10-4-9-6;3-2(4,5)1-6;1-3-5-7-9-11-13-15-17-16-14-12-10-8-6-4-2;/h5-7,10,13-14,16-17,22H,8-9,11-12,15H2,1-4H3,(H,31,34);2-4,7,10-11,13-14,19H,5-6,8-9,12,23H2,1H3;9,12-13,15,28H,4-8,10-11H2,1-3H3,(H,23,26);1-4H;1H;(H3,1,2,5,6,9,10,13,14,17);/q;;;;;;+1/p-1/t17-,22+;14-,19+;15-;;;;/m001..../s1. The minimum atomic E-state index is -4.64. The van der Waals surface area contributed by atoms with Crippen molar-refractivity contribution in [3.05, 3.63) is 131 Å². The third-order valence-corrected chi connectivity index (χ3v) is 28.5. The van der Waals surface area contributed by atoms with Gasteiger partial charge in [0.2, 0.25) is 24.1 Å². The van der Waals surface area contributed by atoms with Gasteiger partial charge in [0.15, 0.2) is 11.3 Å². The number of benzene rings is 3. The van der Waals surface area contributed by atoms with Crippen LogP contribution in [0.4, 0.5) is 40.6 Å². The Bertz CT molecular complexity index is 6100. The van der Waals surface area contributed by atoms with Crippen molar-refractivity contribution >= 4 is 170 Å². The van der Waals surface area contributed by atoms with Gasteiger partial charge in [0.05, 0.1) is 88.4 Å². The molecule has 1 saturated carbocycles. The number of anilines is 3. The first kappa shape index (κ1) is 99.5. The van der Waals surface area contributed by atoms with Crippen LogP contribution in [0.1, 0.15) is 113 Å². The zero-order valence-electron chi connectivity index (χ0n) is 72.5. The van der Waals surface area contributed by atoms with Gasteiger partial charge >= 0.3 is 47.9 Å². The average Bonchev–Trinajstić information content (AvgIpc) is 1.66. The first-order valence-corrected chi connectivity index (χ1v) is 46.2. The number of carbonyl (C=O) groups is 3. The number of alkyl carbamates (subject to hydrolysis) is 2. The van der Waals surface area contributed by atoms with Crippen LogP contribution in [0, 0.1) is 21.8 Å². The van der Waals surface area contributed by atoms with Crippen LogP contribution in [0.5, 0.6) is 0 Å². The number of aldehydes is 1. The Labute approximate surface area is 804 Å². The number of aromatic nitrogens is 12. The number of halogens is 4. The zero-order valence-corrected chi connectivity index (χ0v) is 81.0. The predicted molar refractivity (Wildman–Crippen MR) is 485 cm³/mol. The number of nitrogens with two attached hydrogens (primary N) is 2. The van der Waals surface area contributed by atoms with Crippen LogP contribution in [0.15, 0.2) is 234 Å². The van der Waals surface area contributed by atoms with Crippen molar-refractivity contribution in [3.8, 4) is 0 Å². The topological polar surface area (TPSA) is 512 Å². The molecule has 12 aromatic rings. The average molecular weight is 1980 g/mol. The number of fused-ring (bicyclic) bond motifs is 6. The number of thiazole rings is 3. The molecule has 3 spiro atoms. The van der Waals surface area contributed by atoms with E-state index < -0.39 is 23.7 Å². The Hall–Kier alpha value is -10.5. The summed E-state index contributed by atoms with van der Waals surface area (Å²) in [4.78, 5) is 86.7. The van der Waals surface area contributed by atoms with Gasteiger partial charge in [-0.05, 0) is 238 Å². The molecule has 0 radical (unpaired) electrons. The number of carbonyl (C=O) groups excluding carboxylic acids is 3. The Morgan fingerprint density at radius 2 is 0.947 bits per heavy atom. The van der Waals surface area contributed by atoms with Crippen molar-refractivity contribution in [1.82, 2.24) is 68.7 Å². The second kappa shape index (κ2) is 45.3. The van der Waals surface area contributed by atoms with E-state index in [9.17, 15) is 22.8 Å². The molecule has 14 heterocycles. The van der Waals surface area contributed by atoms with Gasteiger partial charge < -0.3 is 68.5 Å². The number of ether oxygens (including phenoxy) is 4. The molecule has 686 valence electrons. The van der Waals surface area contributed by atoms with Crippen molar-refractivity contribution in [3.63, 3.8) is 0 Å². The fourth-order valence-corrected chi connectivity index (χ4v) is 21.5. The van der Waals surface area contributed by atoms with Gasteiger partial charge in [0, 0.05) is 132 Å². The molecule has 5 atom stereocenters. The summed E-state index contributed by atoms with van der Waals surface area (Å²) in [7, 11) is 0. The van der Waals surface area contributed by atoms with Gasteiger partial charge in [0.1, 0.15) is 16.8 Å². The van der Waals surface area contributed by atoms with Crippen molar-refractivity contribution < 1.29 is 76.1 Å². The summed E-state index contributed by atoms with van der Waals surface area (Å²) in [5.74, 6) is 7.31. The third kappa shape index (κ3) is 25.5. The fourth-order valence-electron chi connectivity index (χ4n) is 16.2. The molecule has 2 amide bonds. The quantitative estimate of drug-likeness (QED) is 0.0150. The molecule has 5 saturated heterocycles. The number of hydrogen-bond donors (Lipinski definition) is 5. The molecular formula is C78H92BrF3N35NaO7S6. The molecule has 6 aliphatic rings. The number of piperidine rings is 3. The van der Waals surface area contributed by atoms with Gasteiger partial charge in [-0.2, -0.15) is 18.7 Å². The van der Waals surface area contributed by atoms with Crippen LogP contribution < -0.4 is 66.5 Å². The number of hydrogen-bond acceptors (Lipinski definition) is 28. The normalized spacial score (nSPS) is 19.5. The van der Waals surface area contributed by atoms with E-state index in [1.165, 1.54) is 19.0 Å². The van der Waals surface area contributed by atoms with Crippen molar-refractivity contribution in [2.45, 2.75) is 185 Å². The molecule has 0 unspecified atom stereocenters. The number of imidazole rings is 3. The smallest absolute Gasteiger partial charge is 0.775 e. The number of nitrogens with zero attached hydrogens (tertiary/aromatic N) is 30. The van der Waals surface area contributed by atoms with Gasteiger partial charge in [-0.25, -0.2) is 54.4 Å². The van der Waals surface area contributed by atoms with E-state index in [-0.39, 0.29) is 88.3 Å². The van der Waals surface area contributed by atoms with Crippen molar-refractivity contribution in [2.75, 3.05) is 67.2 Å². The molecule has 9 aromatic heterocycles. The van der Waals surface area contributed by atoms with Gasteiger partial charge in [-0.3, -0.25) is 18.0 Å². The fraction of sp³-hybridized carbons (Fsp3) is 0.462. The summed E-state index contributed by atoms with van der Waals surface area (Å²) in [5.41, 5.74) is 23.1. The second-order valence-electron chi connectivity index (χ2n) is 32.5. The van der Waals surface area contributed by atoms with E-state index in [1.807, 2.05) is 149 Å². The van der Waals surface area contributed by atoms with E-state index >= 15 is 0 Å². The Balaban J connectivity index is 0.000000152. The first-order chi connectivity index (χ1) is 62.5. The second-order valence-corrected chi connectivity index (χ2v) is 38.6. The molecule has 6 fully saturated rings. The first-order valence-electron chi connectivity index (χ1n) is 40.7. The van der Waals surface area contributed by atoms with Crippen LogP contribution in [-0.2, 0) is 36.4 Å². The van der Waals surface area contributed by atoms with Crippen LogP contribution in [-0.4, -0.2) is 177 Å². The van der Waals surface area contributed by atoms with E-state index in [2.05, 4.69) is 194 Å². The maximum Gasteiger partial charge on any atom is 1.00 e. The summed E-state index contributed by atoms with van der Waals surface area (Å²) in [6.45, 7) is 22.1. The molecule has 131 heavy (non-hydrogen) atoms. The van der Waals surface area contributed by atoms with Crippen LogP contribution >= 0.6 is 73.5 Å². The summed E-state index contributed by atoms with van der Waals surface area (Å²) in [6, 6.07) is 18.7. The maximum atomic E-state index is 12.6. The van der Waals surface area contributed by atoms with Gasteiger partial charge in [0.25, 0.3) is 0 Å². The predicted octanol–water partition coefficient (Wildman–Crippen LogP) is 15.8. The summed E-state index contributed by atoms with van der Waals surface area (Å²) in [5, 5.41) is 49.5. The number of alkyl halides is 3. The minimum Gasteiger partial charge on any atom is -0.775 e. The Morgan fingerprint density at radius 3 is 1.39 bits per heavy atom. The number of nitrogens with one attached hydrogen (secondary N) is 3. The van der Waals surface area contributed by atoms with Gasteiger partial charge in [-0.1, -0.05) is 53.4 Å². The van der Waals surface area contributed by atoms with Crippen LogP contribution in [0.3, 0.4) is 0 Å². The molecule has 0 bridgehead atoms. The number of rotatable bonds is 16. The molecule has 7 N–H and O–H groups in total. The van der Waals surface area contributed by atoms with Crippen molar-refractivity contribution in [1.29, 1.82) is 5.53 Å². The molecule has 42 nitrogen and oxygen atoms in total. The molecule has 3 aromatic carbocycles. The monoisotopic (exact) mass is 1980 g/mol. The number of amides is 2. The Kier molecular flexibility index (Phi) is 34.4. The molecule has 18 rings (SSSR count). The third-order valence-electron chi connectivity index (χ3n) is 22.2. The molecule has 53 heteroatoms. The largest absolute Gasteiger partial charge is 1.00 e. The minimum absolute atomic E-state index is 0. The summed E-state index contributed by atoms with van der Waals surface area (Å²) >= 11 is 17.1. The van der Waals surface area contributed by atoms with E-state index in [0.717, 1.165) is 174 Å². The van der Waals surface area contributed by atoms with Crippen molar-refractivity contribution in [2.24, 2.45) is 106 Å². The van der Waals surface area contributed by atoms with Crippen LogP contribution in [0.2, 0.25) is 0 Å². The Morgan fingerprint density at radius 1 is 0.550 bits per heavy atom. The zero-order chi connectivity index (χ0) is 92.2. The summed E-state index contributed by atoms with van der Waals surface area (Å²) < 4.78 is 65.1. The van der Waals surface area contributed by atoms with E-state index in [1.54, 1.807) is 69.9 Å². The molecule has 5 aliphatic heterocycles. The van der Waals surface area contributed by atoms with E-state index in [4.69, 9.17) is 57.6 Å². The van der Waals surface area contributed by atoms with Crippen LogP contribution in [0.25, 0.3) is 47.6 Å². The molecule has 1 aliphatic carbocycles. The maximum absolute atomic E-state index is 12.6. The van der Waals surface area contributed by atoms with Gasteiger partial charge in [-0.15, -0.1) is 38.9 Å². The summed E-state index contributed by atoms with van der Waals surface area (Å²) in [6.07, 6.45) is 19.9. The SMILES string of the molecule is Brc1cccc2ncsc12.CC(C)(C)OC(=O)N[C@@H]1CCCC12CCN(c1ncc([S-])c3nccn13)CC2.C[C@@H]1OCC2(CCN(c3ncc(Sc4cccc5ncsc45)c4nccn34)CC2)[C@@H]1N.C[C@@H]1OCC2(CCN(c3ncc(Sc4cccc5ncsc45)c4nccn34)CC2)[C@@H]1NC(=O)OC(C)(C)C.N=N/N=N/N=N/N=N/N=N/N=N/N=N/N=N/N.O=CC(F)(F)F.[Na+].